The molecule has 136 valence electrons. The molecule has 0 bridgehead atoms. The second kappa shape index (κ2) is 9.20. The molecule has 0 spiro atoms. The van der Waals surface area contributed by atoms with Crippen molar-refractivity contribution in [2.75, 3.05) is 19.6 Å². The highest BCUT2D eigenvalue weighted by molar-refractivity contribution is 5.79. The second-order valence-electron chi connectivity index (χ2n) is 6.16. The molecule has 0 aliphatic rings. The third kappa shape index (κ3) is 5.59. The van der Waals surface area contributed by atoms with Crippen LogP contribution in [-0.4, -0.2) is 30.8 Å². The van der Waals surface area contributed by atoms with Crippen molar-refractivity contribution in [3.8, 4) is 0 Å². The summed E-state index contributed by atoms with van der Waals surface area (Å²) in [4.78, 5) is 4.66. The molecule has 2 N–H and O–H groups in total. The van der Waals surface area contributed by atoms with Crippen LogP contribution >= 0.6 is 0 Å². The van der Waals surface area contributed by atoms with Gasteiger partial charge in [0.2, 0.25) is 0 Å². The number of nitrogens with one attached hydrogen (secondary N) is 2. The molecule has 0 saturated heterocycles. The lowest BCUT2D eigenvalue weighted by atomic mass is 10.00. The van der Waals surface area contributed by atoms with Crippen LogP contribution in [0.25, 0.3) is 0 Å². The number of aryl methyl sites for hydroxylation is 2. The van der Waals surface area contributed by atoms with E-state index in [-0.39, 0.29) is 11.7 Å². The highest BCUT2D eigenvalue weighted by Crippen LogP contribution is 2.23. The van der Waals surface area contributed by atoms with Gasteiger partial charge in [-0.25, -0.2) is 4.39 Å². The lowest BCUT2D eigenvalue weighted by Gasteiger charge is -2.13. The molecule has 0 fully saturated rings. The average molecular weight is 346 g/mol. The van der Waals surface area contributed by atoms with Gasteiger partial charge in [-0.2, -0.15) is 0 Å². The molecule has 1 atom stereocenters. The van der Waals surface area contributed by atoms with E-state index in [4.69, 9.17) is 4.52 Å². The quantitative estimate of drug-likeness (QED) is 0.596. The zero-order valence-electron chi connectivity index (χ0n) is 15.4. The van der Waals surface area contributed by atoms with E-state index in [1.165, 1.54) is 12.1 Å². The van der Waals surface area contributed by atoms with Gasteiger partial charge in [-0.15, -0.1) is 0 Å². The minimum Gasteiger partial charge on any atom is -0.361 e. The van der Waals surface area contributed by atoms with Crippen molar-refractivity contribution >= 4 is 5.96 Å². The summed E-state index contributed by atoms with van der Waals surface area (Å²) in [6.45, 7) is 10.2. The normalized spacial score (nSPS) is 12.9. The number of nitrogens with zero attached hydrogens (tertiary/aromatic N) is 2. The SMILES string of the molecule is CCNC(=NCC(C)c1c(C)noc1C)NCCc1ccc(F)cc1. The number of benzene rings is 1. The van der Waals surface area contributed by atoms with Crippen molar-refractivity contribution in [3.05, 3.63) is 52.7 Å². The van der Waals surface area contributed by atoms with Crippen molar-refractivity contribution in [1.82, 2.24) is 15.8 Å². The minimum atomic E-state index is -0.208. The maximum absolute atomic E-state index is 12.9. The molecule has 2 aromatic rings. The van der Waals surface area contributed by atoms with Gasteiger partial charge in [0.05, 0.1) is 5.69 Å². The summed E-state index contributed by atoms with van der Waals surface area (Å²) in [7, 11) is 0. The van der Waals surface area contributed by atoms with Gasteiger partial charge in [0.15, 0.2) is 5.96 Å². The molecule has 0 amide bonds. The highest BCUT2D eigenvalue weighted by Gasteiger charge is 2.16. The number of hydrogen-bond acceptors (Lipinski definition) is 3. The van der Waals surface area contributed by atoms with Gasteiger partial charge >= 0.3 is 0 Å². The fourth-order valence-corrected chi connectivity index (χ4v) is 2.83. The van der Waals surface area contributed by atoms with Crippen molar-refractivity contribution in [2.45, 2.75) is 40.0 Å². The van der Waals surface area contributed by atoms with Crippen LogP contribution in [0.1, 0.15) is 42.3 Å². The van der Waals surface area contributed by atoms with E-state index in [0.717, 1.165) is 48.1 Å². The average Bonchev–Trinajstić information content (AvgIpc) is 2.93. The predicted molar refractivity (Wildman–Crippen MR) is 98.5 cm³/mol. The topological polar surface area (TPSA) is 62.5 Å². The Labute approximate surface area is 148 Å². The molecule has 0 radical (unpaired) electrons. The van der Waals surface area contributed by atoms with Gasteiger partial charge in [-0.1, -0.05) is 24.2 Å². The second-order valence-corrected chi connectivity index (χ2v) is 6.16. The maximum atomic E-state index is 12.9. The summed E-state index contributed by atoms with van der Waals surface area (Å²) in [5.41, 5.74) is 3.15. The molecule has 25 heavy (non-hydrogen) atoms. The molecule has 5 nitrogen and oxygen atoms in total. The predicted octanol–water partition coefficient (Wildman–Crippen LogP) is 3.33. The van der Waals surface area contributed by atoms with E-state index in [9.17, 15) is 4.39 Å². The summed E-state index contributed by atoms with van der Waals surface area (Å²) >= 11 is 0. The molecular formula is C19H27FN4O. The summed E-state index contributed by atoms with van der Waals surface area (Å²) in [5, 5.41) is 10.6. The zero-order chi connectivity index (χ0) is 18.2. The van der Waals surface area contributed by atoms with Gasteiger partial charge in [-0.05, 0) is 44.9 Å². The number of guanidine groups is 1. The fraction of sp³-hybridized carbons (Fsp3) is 0.474. The van der Waals surface area contributed by atoms with Crippen LogP contribution in [-0.2, 0) is 6.42 Å². The summed E-state index contributed by atoms with van der Waals surface area (Å²) in [5.74, 6) is 1.66. The number of halogens is 1. The number of aromatic nitrogens is 1. The van der Waals surface area contributed by atoms with Crippen molar-refractivity contribution in [1.29, 1.82) is 0 Å². The number of hydrogen-bond donors (Lipinski definition) is 2. The third-order valence-corrected chi connectivity index (χ3v) is 4.07. The van der Waals surface area contributed by atoms with Gasteiger partial charge < -0.3 is 15.2 Å². The maximum Gasteiger partial charge on any atom is 0.191 e. The molecule has 1 unspecified atom stereocenters. The Morgan fingerprint density at radius 3 is 2.56 bits per heavy atom. The first-order valence-electron chi connectivity index (χ1n) is 8.70. The molecule has 1 heterocycles. The standard InChI is InChI=1S/C19H27FN4O/c1-5-21-19(22-11-10-16-6-8-17(20)9-7-16)23-12-13(2)18-14(3)24-25-15(18)4/h6-9,13H,5,10-12H2,1-4H3,(H2,21,22,23). The lowest BCUT2D eigenvalue weighted by molar-refractivity contribution is 0.391. The number of rotatable bonds is 7. The van der Waals surface area contributed by atoms with E-state index >= 15 is 0 Å². The van der Waals surface area contributed by atoms with Crippen molar-refractivity contribution in [2.24, 2.45) is 4.99 Å². The molecule has 0 aliphatic carbocycles. The van der Waals surface area contributed by atoms with Crippen LogP contribution in [0.15, 0.2) is 33.8 Å². The summed E-state index contributed by atoms with van der Waals surface area (Å²) in [6.07, 6.45) is 0.810. The van der Waals surface area contributed by atoms with Crippen LogP contribution in [0.3, 0.4) is 0 Å². The molecule has 0 saturated carbocycles. The Balaban J connectivity index is 1.90. The molecule has 2 rings (SSSR count). The third-order valence-electron chi connectivity index (χ3n) is 4.07. The van der Waals surface area contributed by atoms with Crippen LogP contribution in [0.2, 0.25) is 0 Å². The fourth-order valence-electron chi connectivity index (χ4n) is 2.83. The van der Waals surface area contributed by atoms with E-state index in [2.05, 4.69) is 27.7 Å². The Kier molecular flexibility index (Phi) is 6.98. The smallest absolute Gasteiger partial charge is 0.191 e. The molecule has 6 heteroatoms. The van der Waals surface area contributed by atoms with Gasteiger partial charge in [0, 0.05) is 31.1 Å². The summed E-state index contributed by atoms with van der Waals surface area (Å²) in [6, 6.07) is 6.58. The Bertz CT molecular complexity index is 674. The van der Waals surface area contributed by atoms with Crippen molar-refractivity contribution in [3.63, 3.8) is 0 Å². The van der Waals surface area contributed by atoms with Gasteiger partial charge in [0.25, 0.3) is 0 Å². The molecule has 1 aromatic carbocycles. The largest absolute Gasteiger partial charge is 0.361 e. The van der Waals surface area contributed by atoms with E-state index in [1.54, 1.807) is 12.1 Å². The van der Waals surface area contributed by atoms with Gasteiger partial charge in [0.1, 0.15) is 11.6 Å². The molecule has 1 aromatic heterocycles. The van der Waals surface area contributed by atoms with Crippen molar-refractivity contribution < 1.29 is 8.91 Å². The van der Waals surface area contributed by atoms with Crippen LogP contribution < -0.4 is 10.6 Å². The number of aliphatic imine (C=N–C) groups is 1. The first kappa shape index (κ1) is 19.0. The van der Waals surface area contributed by atoms with E-state index < -0.39 is 0 Å². The highest BCUT2D eigenvalue weighted by atomic mass is 19.1. The lowest BCUT2D eigenvalue weighted by Crippen LogP contribution is -2.38. The van der Waals surface area contributed by atoms with Crippen LogP contribution in [0.4, 0.5) is 4.39 Å². The first-order valence-corrected chi connectivity index (χ1v) is 8.70. The van der Waals surface area contributed by atoms with Gasteiger partial charge in [-0.3, -0.25) is 4.99 Å². The Morgan fingerprint density at radius 2 is 1.96 bits per heavy atom. The molecule has 0 aliphatic heterocycles. The summed E-state index contributed by atoms with van der Waals surface area (Å²) < 4.78 is 18.2. The Morgan fingerprint density at radius 1 is 1.24 bits per heavy atom. The van der Waals surface area contributed by atoms with E-state index in [1.807, 2.05) is 20.8 Å². The van der Waals surface area contributed by atoms with Crippen LogP contribution in [0, 0.1) is 19.7 Å². The Hall–Kier alpha value is -2.37. The van der Waals surface area contributed by atoms with E-state index in [0.29, 0.717) is 6.54 Å². The molecular weight excluding hydrogens is 319 g/mol. The first-order chi connectivity index (χ1) is 12.0. The van der Waals surface area contributed by atoms with Crippen LogP contribution in [0.5, 0.6) is 0 Å². The zero-order valence-corrected chi connectivity index (χ0v) is 15.4. The minimum absolute atomic E-state index is 0.208. The monoisotopic (exact) mass is 346 g/mol.